The molecule has 0 aliphatic rings. The molecule has 3 aromatic rings. The molecule has 0 unspecified atom stereocenters. The van der Waals surface area contributed by atoms with E-state index in [4.69, 9.17) is 10.3 Å². The molecule has 0 fully saturated rings. The van der Waals surface area contributed by atoms with Crippen LogP contribution >= 0.6 is 0 Å². The van der Waals surface area contributed by atoms with Crippen molar-refractivity contribution in [3.8, 4) is 22.5 Å². The fraction of sp³-hybridized carbons (Fsp3) is 0. The van der Waals surface area contributed by atoms with Gasteiger partial charge in [-0.25, -0.2) is 4.39 Å². The minimum atomic E-state index is -0.365. The maximum atomic E-state index is 13.9. The maximum absolute atomic E-state index is 13.9. The van der Waals surface area contributed by atoms with Gasteiger partial charge in [-0.1, -0.05) is 47.6 Å². The Hall–Kier alpha value is -2.62. The predicted molar refractivity (Wildman–Crippen MR) is 71.7 cm³/mol. The Bertz CT molecular complexity index is 707. The number of benzene rings is 2. The summed E-state index contributed by atoms with van der Waals surface area (Å²) in [6, 6.07) is 15.8. The largest absolute Gasteiger partial charge is 0.380 e. The molecule has 19 heavy (non-hydrogen) atoms. The fourth-order valence-corrected chi connectivity index (χ4v) is 2.02. The molecule has 4 heteroatoms. The summed E-state index contributed by atoms with van der Waals surface area (Å²) in [6.07, 6.45) is 0. The monoisotopic (exact) mass is 254 g/mol. The van der Waals surface area contributed by atoms with Crippen molar-refractivity contribution in [2.75, 3.05) is 5.73 Å². The first-order valence-electron chi connectivity index (χ1n) is 5.83. The highest BCUT2D eigenvalue weighted by Crippen LogP contribution is 2.37. The van der Waals surface area contributed by atoms with Crippen LogP contribution < -0.4 is 5.73 Å². The van der Waals surface area contributed by atoms with Crippen LogP contribution in [0.25, 0.3) is 22.5 Å². The van der Waals surface area contributed by atoms with Gasteiger partial charge in [-0.2, -0.15) is 0 Å². The van der Waals surface area contributed by atoms with E-state index in [-0.39, 0.29) is 11.6 Å². The first-order valence-corrected chi connectivity index (χ1v) is 5.83. The number of nitrogen functional groups attached to an aromatic ring is 1. The summed E-state index contributed by atoms with van der Waals surface area (Å²) < 4.78 is 19.1. The van der Waals surface area contributed by atoms with Gasteiger partial charge in [0.05, 0.1) is 11.1 Å². The minimum absolute atomic E-state index is 0.254. The lowest BCUT2D eigenvalue weighted by Crippen LogP contribution is -1.89. The van der Waals surface area contributed by atoms with E-state index in [2.05, 4.69) is 5.16 Å². The minimum Gasteiger partial charge on any atom is -0.380 e. The van der Waals surface area contributed by atoms with Crippen LogP contribution in [0, 0.1) is 5.82 Å². The van der Waals surface area contributed by atoms with Gasteiger partial charge in [0.2, 0.25) is 0 Å². The SMILES string of the molecule is Nc1noc(-c2ccccc2F)c1-c1ccccc1. The number of aromatic nitrogens is 1. The zero-order valence-electron chi connectivity index (χ0n) is 10.0. The summed E-state index contributed by atoms with van der Waals surface area (Å²) in [5.74, 6) is 0.238. The topological polar surface area (TPSA) is 52.0 Å². The molecule has 0 radical (unpaired) electrons. The van der Waals surface area contributed by atoms with Gasteiger partial charge >= 0.3 is 0 Å². The number of nitrogens with two attached hydrogens (primary N) is 1. The standard InChI is InChI=1S/C15H11FN2O/c16-12-9-5-4-8-11(12)14-13(15(17)18-19-14)10-6-2-1-3-7-10/h1-9H,(H2,17,18). The molecule has 0 saturated carbocycles. The number of hydrogen-bond donors (Lipinski definition) is 1. The highest BCUT2D eigenvalue weighted by atomic mass is 19.1. The highest BCUT2D eigenvalue weighted by Gasteiger charge is 2.19. The Morgan fingerprint density at radius 2 is 1.63 bits per heavy atom. The van der Waals surface area contributed by atoms with E-state index in [9.17, 15) is 4.39 Å². The van der Waals surface area contributed by atoms with E-state index < -0.39 is 0 Å². The summed E-state index contributed by atoms with van der Waals surface area (Å²) in [6.45, 7) is 0. The number of anilines is 1. The van der Waals surface area contributed by atoms with Crippen molar-refractivity contribution in [2.24, 2.45) is 0 Å². The highest BCUT2D eigenvalue weighted by molar-refractivity contribution is 5.86. The van der Waals surface area contributed by atoms with Crippen molar-refractivity contribution in [3.63, 3.8) is 0 Å². The van der Waals surface area contributed by atoms with Gasteiger partial charge in [-0.15, -0.1) is 0 Å². The molecule has 1 aromatic heterocycles. The Morgan fingerprint density at radius 3 is 2.37 bits per heavy atom. The third kappa shape index (κ3) is 1.97. The Morgan fingerprint density at radius 1 is 0.947 bits per heavy atom. The van der Waals surface area contributed by atoms with Gasteiger partial charge in [-0.05, 0) is 17.7 Å². The second kappa shape index (κ2) is 4.57. The molecule has 0 aliphatic carbocycles. The Kier molecular flexibility index (Phi) is 2.76. The normalized spacial score (nSPS) is 10.6. The number of hydrogen-bond acceptors (Lipinski definition) is 3. The van der Waals surface area contributed by atoms with E-state index >= 15 is 0 Å². The lowest BCUT2D eigenvalue weighted by Gasteiger charge is -2.03. The smallest absolute Gasteiger partial charge is 0.179 e. The number of nitrogens with zero attached hydrogens (tertiary/aromatic N) is 1. The summed E-state index contributed by atoms with van der Waals surface area (Å²) in [5.41, 5.74) is 7.65. The van der Waals surface area contributed by atoms with Crippen molar-refractivity contribution in [1.82, 2.24) is 5.16 Å². The van der Waals surface area contributed by atoms with Gasteiger partial charge < -0.3 is 10.3 Å². The maximum Gasteiger partial charge on any atom is 0.179 e. The van der Waals surface area contributed by atoms with Crippen LogP contribution in [0.5, 0.6) is 0 Å². The van der Waals surface area contributed by atoms with Gasteiger partial charge in [0.15, 0.2) is 11.6 Å². The van der Waals surface area contributed by atoms with Gasteiger partial charge in [0.25, 0.3) is 0 Å². The zero-order chi connectivity index (χ0) is 13.2. The van der Waals surface area contributed by atoms with Crippen molar-refractivity contribution < 1.29 is 8.91 Å². The van der Waals surface area contributed by atoms with Crippen molar-refractivity contribution in [2.45, 2.75) is 0 Å². The van der Waals surface area contributed by atoms with Gasteiger partial charge in [-0.3, -0.25) is 0 Å². The van der Waals surface area contributed by atoms with Crippen LogP contribution in [0.1, 0.15) is 0 Å². The van der Waals surface area contributed by atoms with E-state index in [1.54, 1.807) is 18.2 Å². The summed E-state index contributed by atoms with van der Waals surface area (Å²) in [4.78, 5) is 0. The van der Waals surface area contributed by atoms with Crippen LogP contribution in [-0.4, -0.2) is 5.16 Å². The molecular formula is C15H11FN2O. The van der Waals surface area contributed by atoms with Gasteiger partial charge in [0.1, 0.15) is 5.82 Å². The van der Waals surface area contributed by atoms with E-state index in [1.165, 1.54) is 6.07 Å². The first-order chi connectivity index (χ1) is 9.27. The predicted octanol–water partition coefficient (Wildman–Crippen LogP) is 3.73. The molecule has 0 amide bonds. The van der Waals surface area contributed by atoms with Crippen molar-refractivity contribution >= 4 is 5.82 Å². The van der Waals surface area contributed by atoms with Crippen molar-refractivity contribution in [3.05, 3.63) is 60.4 Å². The summed E-state index contributed by atoms with van der Waals surface area (Å²) in [5, 5.41) is 3.75. The van der Waals surface area contributed by atoms with Crippen LogP contribution in [0.3, 0.4) is 0 Å². The second-order valence-electron chi connectivity index (χ2n) is 4.12. The van der Waals surface area contributed by atoms with E-state index in [1.807, 2.05) is 30.3 Å². The Balaban J connectivity index is 2.23. The molecule has 1 heterocycles. The molecule has 2 aromatic carbocycles. The molecule has 0 spiro atoms. The van der Waals surface area contributed by atoms with Gasteiger partial charge in [0, 0.05) is 0 Å². The number of halogens is 1. The van der Waals surface area contributed by atoms with Crippen LogP contribution in [0.2, 0.25) is 0 Å². The molecule has 2 N–H and O–H groups in total. The average Bonchev–Trinajstić information content (AvgIpc) is 2.82. The third-order valence-electron chi connectivity index (χ3n) is 2.90. The molecular weight excluding hydrogens is 243 g/mol. The first kappa shape index (κ1) is 11.5. The van der Waals surface area contributed by atoms with E-state index in [0.717, 1.165) is 5.56 Å². The molecule has 0 aliphatic heterocycles. The van der Waals surface area contributed by atoms with Crippen molar-refractivity contribution in [1.29, 1.82) is 0 Å². The lowest BCUT2D eigenvalue weighted by molar-refractivity contribution is 0.433. The lowest BCUT2D eigenvalue weighted by atomic mass is 10.0. The molecule has 0 atom stereocenters. The molecule has 3 rings (SSSR count). The average molecular weight is 254 g/mol. The van der Waals surface area contributed by atoms with Crippen LogP contribution in [0.4, 0.5) is 10.2 Å². The fourth-order valence-electron chi connectivity index (χ4n) is 2.02. The molecule has 0 saturated heterocycles. The number of rotatable bonds is 2. The van der Waals surface area contributed by atoms with Crippen LogP contribution in [0.15, 0.2) is 59.1 Å². The zero-order valence-corrected chi connectivity index (χ0v) is 10.0. The van der Waals surface area contributed by atoms with Crippen LogP contribution in [-0.2, 0) is 0 Å². The summed E-state index contributed by atoms with van der Waals surface area (Å²) >= 11 is 0. The molecule has 94 valence electrons. The molecule has 0 bridgehead atoms. The van der Waals surface area contributed by atoms with E-state index in [0.29, 0.717) is 16.9 Å². The second-order valence-corrected chi connectivity index (χ2v) is 4.12. The Labute approximate surface area is 109 Å². The summed E-state index contributed by atoms with van der Waals surface area (Å²) in [7, 11) is 0. The quantitative estimate of drug-likeness (QED) is 0.758. The third-order valence-corrected chi connectivity index (χ3v) is 2.90. The molecule has 3 nitrogen and oxygen atoms in total.